The number of pyridine rings is 1. The number of nitrogens with one attached hydrogen (secondary N) is 1. The fraction of sp³-hybridized carbons (Fsp3) is 0.375. The molecule has 1 amide bonds. The van der Waals surface area contributed by atoms with E-state index in [9.17, 15) is 4.79 Å². The van der Waals surface area contributed by atoms with Crippen molar-refractivity contribution in [3.8, 4) is 0 Å². The van der Waals surface area contributed by atoms with Crippen LogP contribution in [0.1, 0.15) is 25.3 Å². The van der Waals surface area contributed by atoms with Gasteiger partial charge in [-0.3, -0.25) is 10.1 Å². The molecule has 0 bridgehead atoms. The third kappa shape index (κ3) is 2.54. The zero-order chi connectivity index (χ0) is 16.5. The summed E-state index contributed by atoms with van der Waals surface area (Å²) in [4.78, 5) is 21.3. The number of amides is 1. The van der Waals surface area contributed by atoms with Crippen molar-refractivity contribution < 1.29 is 9.53 Å². The number of carbonyl (C=O) groups is 1. The smallest absolute Gasteiger partial charge is 0.249 e. The summed E-state index contributed by atoms with van der Waals surface area (Å²) in [6, 6.07) is 5.57. The highest BCUT2D eigenvalue weighted by Crippen LogP contribution is 2.34. The lowest BCUT2D eigenvalue weighted by molar-refractivity contribution is -0.121. The number of fused-ring (bicyclic) bond motifs is 1. The van der Waals surface area contributed by atoms with Gasteiger partial charge in [0.05, 0.1) is 5.92 Å². The van der Waals surface area contributed by atoms with E-state index in [1.165, 1.54) is 0 Å². The number of carbonyl (C=O) groups excluding carboxylic acids is 1. The summed E-state index contributed by atoms with van der Waals surface area (Å²) in [5.41, 5.74) is 0.688. The van der Waals surface area contributed by atoms with Gasteiger partial charge in [-0.15, -0.1) is 5.10 Å². The van der Waals surface area contributed by atoms with E-state index < -0.39 is 0 Å². The van der Waals surface area contributed by atoms with Crippen molar-refractivity contribution in [1.82, 2.24) is 24.1 Å². The quantitative estimate of drug-likeness (QED) is 0.788. The number of ether oxygens (including phenoxy) is 1. The van der Waals surface area contributed by atoms with Gasteiger partial charge in [0.2, 0.25) is 11.9 Å². The zero-order valence-electron chi connectivity index (χ0n) is 13.3. The highest BCUT2D eigenvalue weighted by molar-refractivity contribution is 5.91. The molecule has 0 unspecified atom stereocenters. The Hall–Kier alpha value is -2.74. The Kier molecular flexibility index (Phi) is 3.73. The van der Waals surface area contributed by atoms with Gasteiger partial charge < -0.3 is 9.30 Å². The Morgan fingerprint density at radius 2 is 2.33 bits per heavy atom. The third-order valence-electron chi connectivity index (χ3n) is 4.25. The Balaban J connectivity index is 1.54. The molecule has 0 saturated carbocycles. The van der Waals surface area contributed by atoms with E-state index in [1.54, 1.807) is 16.9 Å². The molecule has 0 aromatic carbocycles. The fourth-order valence-corrected chi connectivity index (χ4v) is 3.04. The number of aryl methyl sites for hydroxylation is 1. The Bertz CT molecular complexity index is 837. The molecule has 0 spiro atoms. The van der Waals surface area contributed by atoms with Crippen LogP contribution in [0.4, 0.5) is 5.95 Å². The molecule has 8 nitrogen and oxygen atoms in total. The van der Waals surface area contributed by atoms with Crippen LogP contribution in [0.25, 0.3) is 5.65 Å². The topological polar surface area (TPSA) is 86.3 Å². The number of hydrogen-bond acceptors (Lipinski definition) is 5. The van der Waals surface area contributed by atoms with Crippen LogP contribution >= 0.6 is 0 Å². The molecular weight excluding hydrogens is 308 g/mol. The lowest BCUT2D eigenvalue weighted by Crippen LogP contribution is -2.27. The molecule has 0 radical (unpaired) electrons. The predicted molar refractivity (Wildman–Crippen MR) is 86.3 cm³/mol. The van der Waals surface area contributed by atoms with Gasteiger partial charge in [-0.05, 0) is 25.5 Å². The van der Waals surface area contributed by atoms with Crippen molar-refractivity contribution in [3.63, 3.8) is 0 Å². The van der Waals surface area contributed by atoms with Crippen LogP contribution in [0.2, 0.25) is 0 Å². The van der Waals surface area contributed by atoms with E-state index >= 15 is 0 Å². The number of rotatable bonds is 4. The van der Waals surface area contributed by atoms with Gasteiger partial charge in [-0.1, -0.05) is 6.07 Å². The summed E-state index contributed by atoms with van der Waals surface area (Å²) in [5, 5.41) is 7.06. The number of nitrogens with zero attached hydrogens (tertiary/aromatic N) is 5. The van der Waals surface area contributed by atoms with Gasteiger partial charge >= 0.3 is 0 Å². The maximum atomic E-state index is 12.7. The SMILES string of the molecule is CCn1ccnc1[C@@H]1OCC[C@H]1C(=O)Nc1nc2ccccn2n1. The van der Waals surface area contributed by atoms with Crippen LogP contribution in [0.3, 0.4) is 0 Å². The van der Waals surface area contributed by atoms with Crippen molar-refractivity contribution in [2.24, 2.45) is 5.92 Å². The molecule has 1 aliphatic heterocycles. The second-order valence-electron chi connectivity index (χ2n) is 5.69. The summed E-state index contributed by atoms with van der Waals surface area (Å²) in [7, 11) is 0. The molecule has 3 aromatic rings. The van der Waals surface area contributed by atoms with E-state index in [4.69, 9.17) is 4.74 Å². The fourth-order valence-electron chi connectivity index (χ4n) is 3.04. The second kappa shape index (κ2) is 6.04. The number of hydrogen-bond donors (Lipinski definition) is 1. The monoisotopic (exact) mass is 326 g/mol. The minimum Gasteiger partial charge on any atom is -0.369 e. The molecule has 4 rings (SSSR count). The van der Waals surface area contributed by atoms with Crippen LogP contribution in [0.15, 0.2) is 36.8 Å². The molecule has 124 valence electrons. The molecule has 8 heteroatoms. The molecule has 24 heavy (non-hydrogen) atoms. The van der Waals surface area contributed by atoms with Crippen LogP contribution in [0, 0.1) is 5.92 Å². The van der Waals surface area contributed by atoms with Crippen molar-refractivity contribution in [2.75, 3.05) is 11.9 Å². The summed E-state index contributed by atoms with van der Waals surface area (Å²) in [5.74, 6) is 0.650. The first-order valence-corrected chi connectivity index (χ1v) is 8.01. The zero-order valence-corrected chi connectivity index (χ0v) is 13.3. The summed E-state index contributed by atoms with van der Waals surface area (Å²) < 4.78 is 9.41. The normalized spacial score (nSPS) is 20.5. The molecular formula is C16H18N6O2. The van der Waals surface area contributed by atoms with Crippen LogP contribution in [-0.4, -0.2) is 36.7 Å². The third-order valence-corrected chi connectivity index (χ3v) is 4.25. The largest absolute Gasteiger partial charge is 0.369 e. The molecule has 1 N–H and O–H groups in total. The number of imidazole rings is 1. The Morgan fingerprint density at radius 1 is 1.42 bits per heavy atom. The van der Waals surface area contributed by atoms with Crippen molar-refractivity contribution in [2.45, 2.75) is 26.0 Å². The Morgan fingerprint density at radius 3 is 3.17 bits per heavy atom. The van der Waals surface area contributed by atoms with Gasteiger partial charge in [0.25, 0.3) is 0 Å². The van der Waals surface area contributed by atoms with Crippen LogP contribution in [-0.2, 0) is 16.1 Å². The van der Waals surface area contributed by atoms with Crippen molar-refractivity contribution in [3.05, 3.63) is 42.6 Å². The first-order valence-electron chi connectivity index (χ1n) is 8.01. The standard InChI is InChI=1S/C16H18N6O2/c1-2-21-9-7-17-14(21)13-11(6-10-24-13)15(23)19-16-18-12-5-3-4-8-22(12)20-16/h3-5,7-9,11,13H,2,6,10H2,1H3,(H,19,20,23)/t11-,13-/m1/s1. The molecule has 3 aromatic heterocycles. The molecule has 1 aliphatic rings. The summed E-state index contributed by atoms with van der Waals surface area (Å²) >= 11 is 0. The molecule has 4 heterocycles. The molecule has 2 atom stereocenters. The van der Waals surface area contributed by atoms with E-state index in [0.717, 1.165) is 12.4 Å². The van der Waals surface area contributed by atoms with E-state index in [0.29, 0.717) is 24.6 Å². The summed E-state index contributed by atoms with van der Waals surface area (Å²) in [6.07, 6.45) is 5.74. The first-order chi connectivity index (χ1) is 11.8. The average Bonchev–Trinajstić information content (AvgIpc) is 3.31. The Labute approximate surface area is 138 Å². The van der Waals surface area contributed by atoms with Crippen LogP contribution in [0.5, 0.6) is 0 Å². The number of aromatic nitrogens is 5. The molecule has 0 aliphatic carbocycles. The van der Waals surface area contributed by atoms with E-state index in [2.05, 4.69) is 20.4 Å². The maximum absolute atomic E-state index is 12.7. The lowest BCUT2D eigenvalue weighted by atomic mass is 10.00. The van der Waals surface area contributed by atoms with Crippen molar-refractivity contribution >= 4 is 17.5 Å². The summed E-state index contributed by atoms with van der Waals surface area (Å²) in [6.45, 7) is 3.37. The highest BCUT2D eigenvalue weighted by Gasteiger charge is 2.38. The van der Waals surface area contributed by atoms with Crippen LogP contribution < -0.4 is 5.32 Å². The van der Waals surface area contributed by atoms with Gasteiger partial charge in [-0.2, -0.15) is 4.98 Å². The van der Waals surface area contributed by atoms with E-state index in [-0.39, 0.29) is 17.9 Å². The highest BCUT2D eigenvalue weighted by atomic mass is 16.5. The van der Waals surface area contributed by atoms with Gasteiger partial charge in [-0.25, -0.2) is 9.50 Å². The van der Waals surface area contributed by atoms with E-state index in [1.807, 2.05) is 35.9 Å². The minimum absolute atomic E-state index is 0.140. The van der Waals surface area contributed by atoms with Gasteiger partial charge in [0.15, 0.2) is 5.65 Å². The maximum Gasteiger partial charge on any atom is 0.249 e. The minimum atomic E-state index is -0.336. The van der Waals surface area contributed by atoms with Gasteiger partial charge in [0.1, 0.15) is 11.9 Å². The lowest BCUT2D eigenvalue weighted by Gasteiger charge is -2.17. The second-order valence-corrected chi connectivity index (χ2v) is 5.69. The number of anilines is 1. The predicted octanol–water partition coefficient (Wildman–Crippen LogP) is 1.66. The molecule has 1 fully saturated rings. The van der Waals surface area contributed by atoms with Gasteiger partial charge in [0, 0.05) is 31.7 Å². The molecule has 1 saturated heterocycles. The van der Waals surface area contributed by atoms with Crippen molar-refractivity contribution in [1.29, 1.82) is 0 Å². The average molecular weight is 326 g/mol. The first kappa shape index (κ1) is 14.8.